The molecule has 2 rings (SSSR count). The van der Waals surface area contributed by atoms with Crippen molar-refractivity contribution in [1.29, 1.82) is 0 Å². The number of nitroso groups, excluding NO2 is 1. The van der Waals surface area contributed by atoms with Crippen molar-refractivity contribution in [1.82, 2.24) is 5.16 Å². The minimum absolute atomic E-state index is 0.0571. The minimum atomic E-state index is 0.0571. The van der Waals surface area contributed by atoms with E-state index in [0.717, 1.165) is 0 Å². The lowest BCUT2D eigenvalue weighted by atomic mass is 10.2. The summed E-state index contributed by atoms with van der Waals surface area (Å²) in [6, 6.07) is 4.87. The summed E-state index contributed by atoms with van der Waals surface area (Å²) in [5, 5.41) is 7.25. The molecule has 0 aliphatic rings. The largest absolute Gasteiger partial charge is 0.354 e. The van der Waals surface area contributed by atoms with E-state index in [1.165, 1.54) is 0 Å². The quantitative estimate of drug-likeness (QED) is 0.637. The Morgan fingerprint density at radius 3 is 3.08 bits per heavy atom. The highest BCUT2D eigenvalue weighted by atomic mass is 35.5. The molecule has 1 heterocycles. The number of halogens is 1. The lowest BCUT2D eigenvalue weighted by molar-refractivity contribution is 0.459. The maximum absolute atomic E-state index is 10.2. The molecule has 5 heteroatoms. The smallest absolute Gasteiger partial charge is 0.246 e. The predicted octanol–water partition coefficient (Wildman–Crippen LogP) is 2.88. The van der Waals surface area contributed by atoms with Crippen LogP contribution in [-0.4, -0.2) is 5.16 Å². The van der Waals surface area contributed by atoms with Crippen LogP contribution in [0.1, 0.15) is 0 Å². The van der Waals surface area contributed by atoms with Gasteiger partial charge in [-0.3, -0.25) is 0 Å². The van der Waals surface area contributed by atoms with Gasteiger partial charge in [0.25, 0.3) is 0 Å². The summed E-state index contributed by atoms with van der Waals surface area (Å²) in [4.78, 5) is 10.2. The first-order valence-corrected chi connectivity index (χ1v) is 3.57. The molecule has 0 fully saturated rings. The number of fused-ring (bicyclic) bond motifs is 1. The third-order valence-corrected chi connectivity index (χ3v) is 1.74. The van der Waals surface area contributed by atoms with Crippen molar-refractivity contribution < 1.29 is 4.52 Å². The fraction of sp³-hybridized carbons (Fsp3) is 0. The second-order valence-electron chi connectivity index (χ2n) is 2.24. The Hall–Kier alpha value is -1.42. The summed E-state index contributed by atoms with van der Waals surface area (Å²) in [6.07, 6.45) is 0. The van der Waals surface area contributed by atoms with Crippen molar-refractivity contribution in [3.05, 3.63) is 28.1 Å². The van der Waals surface area contributed by atoms with Gasteiger partial charge in [-0.2, -0.15) is 0 Å². The average molecular weight is 183 g/mol. The molecule has 0 saturated heterocycles. The summed E-state index contributed by atoms with van der Waals surface area (Å²) >= 11 is 5.67. The molecule has 1 aromatic heterocycles. The molecule has 0 amide bonds. The first-order valence-electron chi connectivity index (χ1n) is 3.19. The van der Waals surface area contributed by atoms with Gasteiger partial charge in [-0.25, -0.2) is 0 Å². The fourth-order valence-corrected chi connectivity index (χ4v) is 1.13. The van der Waals surface area contributed by atoms with E-state index in [9.17, 15) is 4.91 Å². The zero-order valence-corrected chi connectivity index (χ0v) is 6.58. The van der Waals surface area contributed by atoms with Gasteiger partial charge >= 0.3 is 0 Å². The zero-order valence-electron chi connectivity index (χ0n) is 5.82. The van der Waals surface area contributed by atoms with Crippen molar-refractivity contribution in [3.8, 4) is 0 Å². The van der Waals surface area contributed by atoms with Gasteiger partial charge in [0.05, 0.1) is 5.39 Å². The Labute approximate surface area is 72.1 Å². The van der Waals surface area contributed by atoms with Crippen molar-refractivity contribution in [2.24, 2.45) is 5.18 Å². The highest BCUT2D eigenvalue weighted by molar-refractivity contribution is 6.31. The molecular formula is C7H3ClN2O2. The molecule has 0 N–H and O–H groups in total. The first-order chi connectivity index (χ1) is 5.81. The maximum Gasteiger partial charge on any atom is 0.246 e. The van der Waals surface area contributed by atoms with Gasteiger partial charge in [0.15, 0.2) is 5.58 Å². The number of aromatic nitrogens is 1. The van der Waals surface area contributed by atoms with Gasteiger partial charge in [0.1, 0.15) is 0 Å². The number of nitrogens with zero attached hydrogens (tertiary/aromatic N) is 2. The van der Waals surface area contributed by atoms with Crippen LogP contribution < -0.4 is 0 Å². The second kappa shape index (κ2) is 2.57. The van der Waals surface area contributed by atoms with Crippen LogP contribution in [0, 0.1) is 4.91 Å². The molecule has 0 unspecified atom stereocenters. The van der Waals surface area contributed by atoms with E-state index in [2.05, 4.69) is 10.3 Å². The van der Waals surface area contributed by atoms with Crippen LogP contribution in [0.3, 0.4) is 0 Å². The van der Waals surface area contributed by atoms with Gasteiger partial charge in [0, 0.05) is 11.1 Å². The molecule has 0 spiro atoms. The molecule has 0 bridgehead atoms. The standard InChI is InChI=1S/C7H3ClN2O2/c8-4-1-2-5-6(3-4)12-10-7(5)9-11/h1-3H. The maximum atomic E-state index is 10.2. The lowest BCUT2D eigenvalue weighted by Gasteiger charge is -1.86. The topological polar surface area (TPSA) is 55.5 Å². The minimum Gasteiger partial charge on any atom is -0.354 e. The summed E-state index contributed by atoms with van der Waals surface area (Å²) in [6.45, 7) is 0. The van der Waals surface area contributed by atoms with E-state index in [4.69, 9.17) is 16.1 Å². The summed E-state index contributed by atoms with van der Waals surface area (Å²) in [7, 11) is 0. The van der Waals surface area contributed by atoms with E-state index in [-0.39, 0.29) is 5.82 Å². The van der Waals surface area contributed by atoms with Gasteiger partial charge < -0.3 is 4.52 Å². The third-order valence-electron chi connectivity index (χ3n) is 1.50. The molecule has 0 aliphatic heterocycles. The Bertz CT molecular complexity index is 438. The molecule has 2 aromatic rings. The van der Waals surface area contributed by atoms with Crippen LogP contribution >= 0.6 is 11.6 Å². The van der Waals surface area contributed by atoms with Crippen molar-refractivity contribution in [3.63, 3.8) is 0 Å². The Morgan fingerprint density at radius 1 is 1.50 bits per heavy atom. The zero-order chi connectivity index (χ0) is 8.55. The lowest BCUT2D eigenvalue weighted by Crippen LogP contribution is -1.64. The van der Waals surface area contributed by atoms with E-state index in [0.29, 0.717) is 16.0 Å². The molecule has 0 radical (unpaired) electrons. The van der Waals surface area contributed by atoms with Crippen LogP contribution in [0.5, 0.6) is 0 Å². The highest BCUT2D eigenvalue weighted by Crippen LogP contribution is 2.26. The van der Waals surface area contributed by atoms with Crippen LogP contribution in [0.2, 0.25) is 5.02 Å². The van der Waals surface area contributed by atoms with E-state index in [1.54, 1.807) is 18.2 Å². The van der Waals surface area contributed by atoms with Crippen molar-refractivity contribution >= 4 is 28.4 Å². The number of rotatable bonds is 1. The predicted molar refractivity (Wildman–Crippen MR) is 44.5 cm³/mol. The normalized spacial score (nSPS) is 10.4. The van der Waals surface area contributed by atoms with Gasteiger partial charge in [-0.05, 0) is 17.3 Å². The van der Waals surface area contributed by atoms with Crippen LogP contribution in [0.25, 0.3) is 11.0 Å². The van der Waals surface area contributed by atoms with E-state index < -0.39 is 0 Å². The Balaban J connectivity index is 2.81. The SMILES string of the molecule is O=Nc1noc2cc(Cl)ccc12. The van der Waals surface area contributed by atoms with E-state index in [1.807, 2.05) is 0 Å². The molecule has 4 nitrogen and oxygen atoms in total. The van der Waals surface area contributed by atoms with Gasteiger partial charge in [-0.15, -0.1) is 4.91 Å². The van der Waals surface area contributed by atoms with Crippen LogP contribution in [0.4, 0.5) is 5.82 Å². The third kappa shape index (κ3) is 0.967. The van der Waals surface area contributed by atoms with Crippen LogP contribution in [0.15, 0.2) is 27.9 Å². The Morgan fingerprint density at radius 2 is 2.33 bits per heavy atom. The molecule has 0 aliphatic carbocycles. The van der Waals surface area contributed by atoms with Crippen molar-refractivity contribution in [2.75, 3.05) is 0 Å². The molecule has 60 valence electrons. The summed E-state index contributed by atoms with van der Waals surface area (Å²) in [5.41, 5.74) is 0.470. The van der Waals surface area contributed by atoms with Crippen molar-refractivity contribution in [2.45, 2.75) is 0 Å². The molecule has 1 aromatic carbocycles. The number of hydrogen-bond acceptors (Lipinski definition) is 4. The molecule has 0 saturated carbocycles. The highest BCUT2D eigenvalue weighted by Gasteiger charge is 2.07. The number of hydrogen-bond donors (Lipinski definition) is 0. The van der Waals surface area contributed by atoms with E-state index >= 15 is 0 Å². The summed E-state index contributed by atoms with van der Waals surface area (Å²) in [5.74, 6) is 0.0571. The van der Waals surface area contributed by atoms with Crippen LogP contribution in [-0.2, 0) is 0 Å². The van der Waals surface area contributed by atoms with Gasteiger partial charge in [0.2, 0.25) is 5.82 Å². The number of benzene rings is 1. The molecule has 12 heavy (non-hydrogen) atoms. The first kappa shape index (κ1) is 7.24. The fourth-order valence-electron chi connectivity index (χ4n) is 0.964. The average Bonchev–Trinajstić information content (AvgIpc) is 2.46. The van der Waals surface area contributed by atoms with Gasteiger partial charge in [-0.1, -0.05) is 16.8 Å². The Kier molecular flexibility index (Phi) is 1.55. The molecular weight excluding hydrogens is 180 g/mol. The molecule has 0 atom stereocenters. The second-order valence-corrected chi connectivity index (χ2v) is 2.67. The summed E-state index contributed by atoms with van der Waals surface area (Å²) < 4.78 is 4.79. The monoisotopic (exact) mass is 182 g/mol.